The van der Waals surface area contributed by atoms with Crippen LogP contribution in [0.2, 0.25) is 10.0 Å². The molecule has 0 aromatic heterocycles. The third-order valence-electron chi connectivity index (χ3n) is 3.45. The maximum absolute atomic E-state index is 12.1. The van der Waals surface area contributed by atoms with Gasteiger partial charge in [0.1, 0.15) is 5.75 Å². The molecule has 0 radical (unpaired) electrons. The zero-order valence-corrected chi connectivity index (χ0v) is 15.2. The molecular formula is C18H17Cl2NO4. The Morgan fingerprint density at radius 1 is 1.08 bits per heavy atom. The maximum Gasteiger partial charge on any atom is 0.347 e. The van der Waals surface area contributed by atoms with Crippen LogP contribution in [0.15, 0.2) is 42.5 Å². The van der Waals surface area contributed by atoms with Crippen molar-refractivity contribution in [2.24, 2.45) is 0 Å². The minimum Gasteiger partial charge on any atom is -0.478 e. The average Bonchev–Trinajstić information content (AvgIpc) is 2.56. The molecule has 2 aromatic rings. The fourth-order valence-corrected chi connectivity index (χ4v) is 2.23. The summed E-state index contributed by atoms with van der Waals surface area (Å²) in [6, 6.07) is 11.5. The molecule has 7 heteroatoms. The van der Waals surface area contributed by atoms with E-state index in [1.807, 2.05) is 0 Å². The van der Waals surface area contributed by atoms with Crippen LogP contribution in [0, 0.1) is 0 Å². The first-order valence-electron chi connectivity index (χ1n) is 7.43. The highest BCUT2D eigenvalue weighted by molar-refractivity contribution is 6.42. The van der Waals surface area contributed by atoms with Gasteiger partial charge in [0, 0.05) is 12.1 Å². The molecule has 0 saturated carbocycles. The minimum absolute atomic E-state index is 0.272. The van der Waals surface area contributed by atoms with E-state index in [4.69, 9.17) is 33.0 Å². The number of aliphatic carboxylic acids is 1. The molecule has 1 amide bonds. The van der Waals surface area contributed by atoms with Gasteiger partial charge in [0.25, 0.3) is 5.91 Å². The zero-order valence-electron chi connectivity index (χ0n) is 13.7. The molecule has 0 spiro atoms. The van der Waals surface area contributed by atoms with E-state index in [2.05, 4.69) is 5.32 Å². The molecule has 0 aliphatic heterocycles. The third kappa shape index (κ3) is 5.11. The van der Waals surface area contributed by atoms with E-state index < -0.39 is 11.6 Å². The fraction of sp³-hybridized carbons (Fsp3) is 0.222. The number of carbonyl (C=O) groups excluding carboxylic acids is 1. The molecule has 0 saturated heterocycles. The standard InChI is InChI=1S/C18H17Cl2NO4/c1-18(2,17(23)24)25-13-6-3-11(4-7-13)10-21-16(22)12-5-8-14(19)15(20)9-12/h3-9H,10H2,1-2H3,(H,21,22)(H,23,24). The van der Waals surface area contributed by atoms with Crippen molar-refractivity contribution in [1.29, 1.82) is 0 Å². The van der Waals surface area contributed by atoms with Gasteiger partial charge in [0.15, 0.2) is 5.60 Å². The Morgan fingerprint density at radius 3 is 2.28 bits per heavy atom. The number of hydrogen-bond donors (Lipinski definition) is 2. The van der Waals surface area contributed by atoms with Gasteiger partial charge in [0.05, 0.1) is 10.0 Å². The van der Waals surface area contributed by atoms with Gasteiger partial charge in [-0.1, -0.05) is 35.3 Å². The summed E-state index contributed by atoms with van der Waals surface area (Å²) in [6.07, 6.45) is 0. The van der Waals surface area contributed by atoms with Crippen molar-refractivity contribution in [2.75, 3.05) is 0 Å². The average molecular weight is 382 g/mol. The van der Waals surface area contributed by atoms with Crippen molar-refractivity contribution in [1.82, 2.24) is 5.32 Å². The topological polar surface area (TPSA) is 75.6 Å². The van der Waals surface area contributed by atoms with Crippen molar-refractivity contribution in [2.45, 2.75) is 26.0 Å². The second-order valence-electron chi connectivity index (χ2n) is 5.87. The second kappa shape index (κ2) is 7.76. The van der Waals surface area contributed by atoms with Crippen LogP contribution in [0.5, 0.6) is 5.75 Å². The van der Waals surface area contributed by atoms with Crippen LogP contribution in [0.25, 0.3) is 0 Å². The SMILES string of the molecule is CC(C)(Oc1ccc(CNC(=O)c2ccc(Cl)c(Cl)c2)cc1)C(=O)O. The van der Waals surface area contributed by atoms with E-state index >= 15 is 0 Å². The molecule has 0 atom stereocenters. The van der Waals surface area contributed by atoms with E-state index in [0.29, 0.717) is 27.9 Å². The number of hydrogen-bond acceptors (Lipinski definition) is 3. The zero-order chi connectivity index (χ0) is 18.6. The Kier molecular flexibility index (Phi) is 5.93. The molecular weight excluding hydrogens is 365 g/mol. The first kappa shape index (κ1) is 19.1. The highest BCUT2D eigenvalue weighted by Gasteiger charge is 2.29. The van der Waals surface area contributed by atoms with Crippen molar-refractivity contribution < 1.29 is 19.4 Å². The predicted octanol–water partition coefficient (Wildman–Crippen LogP) is 4.17. The molecule has 0 unspecified atom stereocenters. The number of benzene rings is 2. The second-order valence-corrected chi connectivity index (χ2v) is 6.69. The Bertz CT molecular complexity index is 788. The van der Waals surface area contributed by atoms with E-state index in [-0.39, 0.29) is 5.91 Å². The lowest BCUT2D eigenvalue weighted by atomic mass is 10.1. The lowest BCUT2D eigenvalue weighted by Gasteiger charge is -2.21. The van der Waals surface area contributed by atoms with Crippen LogP contribution in [-0.4, -0.2) is 22.6 Å². The van der Waals surface area contributed by atoms with Crippen LogP contribution < -0.4 is 10.1 Å². The lowest BCUT2D eigenvalue weighted by molar-refractivity contribution is -0.152. The molecule has 2 rings (SSSR count). The maximum atomic E-state index is 12.1. The highest BCUT2D eigenvalue weighted by atomic mass is 35.5. The number of halogens is 2. The monoisotopic (exact) mass is 381 g/mol. The van der Waals surface area contributed by atoms with Crippen LogP contribution in [-0.2, 0) is 11.3 Å². The largest absolute Gasteiger partial charge is 0.478 e. The summed E-state index contributed by atoms with van der Waals surface area (Å²) < 4.78 is 5.42. The number of carboxylic acids is 1. The number of carbonyl (C=O) groups is 2. The van der Waals surface area contributed by atoms with Crippen LogP contribution in [0.3, 0.4) is 0 Å². The number of nitrogens with one attached hydrogen (secondary N) is 1. The van der Waals surface area contributed by atoms with Gasteiger partial charge >= 0.3 is 5.97 Å². The van der Waals surface area contributed by atoms with Crippen molar-refractivity contribution in [3.63, 3.8) is 0 Å². The summed E-state index contributed by atoms with van der Waals surface area (Å²) in [5.41, 5.74) is -0.0599. The molecule has 0 heterocycles. The molecule has 2 aromatic carbocycles. The molecule has 2 N–H and O–H groups in total. The smallest absolute Gasteiger partial charge is 0.347 e. The minimum atomic E-state index is -1.32. The molecule has 0 fully saturated rings. The van der Waals surface area contributed by atoms with Gasteiger partial charge in [-0.15, -0.1) is 0 Å². The van der Waals surface area contributed by atoms with Crippen LogP contribution in [0.1, 0.15) is 29.8 Å². The molecule has 0 aliphatic rings. The molecule has 132 valence electrons. The van der Waals surface area contributed by atoms with E-state index in [9.17, 15) is 9.59 Å². The van der Waals surface area contributed by atoms with Gasteiger partial charge in [0.2, 0.25) is 0 Å². The number of amides is 1. The number of ether oxygens (including phenoxy) is 1. The normalized spacial score (nSPS) is 11.0. The molecule has 5 nitrogen and oxygen atoms in total. The first-order chi connectivity index (χ1) is 11.7. The molecule has 0 aliphatic carbocycles. The molecule has 0 bridgehead atoms. The van der Waals surface area contributed by atoms with E-state index in [1.54, 1.807) is 36.4 Å². The quantitative estimate of drug-likeness (QED) is 0.787. The first-order valence-corrected chi connectivity index (χ1v) is 8.19. The third-order valence-corrected chi connectivity index (χ3v) is 4.19. The number of carboxylic acid groups (broad SMARTS) is 1. The van der Waals surface area contributed by atoms with Crippen molar-refractivity contribution in [3.05, 3.63) is 63.6 Å². The van der Waals surface area contributed by atoms with Crippen molar-refractivity contribution >= 4 is 35.1 Å². The molecule has 25 heavy (non-hydrogen) atoms. The Morgan fingerprint density at radius 2 is 1.72 bits per heavy atom. The summed E-state index contributed by atoms with van der Waals surface area (Å²) in [5, 5.41) is 12.5. The Hall–Kier alpha value is -2.24. The summed E-state index contributed by atoms with van der Waals surface area (Å²) in [5.74, 6) is -0.886. The Labute approximate surface area is 155 Å². The van der Waals surface area contributed by atoms with Gasteiger partial charge in [-0.2, -0.15) is 0 Å². The van der Waals surface area contributed by atoms with Gasteiger partial charge in [-0.25, -0.2) is 4.79 Å². The highest BCUT2D eigenvalue weighted by Crippen LogP contribution is 2.23. The lowest BCUT2D eigenvalue weighted by Crippen LogP contribution is -2.37. The van der Waals surface area contributed by atoms with Gasteiger partial charge in [-0.05, 0) is 49.7 Å². The predicted molar refractivity (Wildman–Crippen MR) is 96.4 cm³/mol. The van der Waals surface area contributed by atoms with E-state index in [1.165, 1.54) is 19.9 Å². The fourth-order valence-electron chi connectivity index (χ4n) is 1.94. The Balaban J connectivity index is 1.96. The van der Waals surface area contributed by atoms with Crippen LogP contribution in [0.4, 0.5) is 0 Å². The summed E-state index contributed by atoms with van der Waals surface area (Å²) in [4.78, 5) is 23.2. The summed E-state index contributed by atoms with van der Waals surface area (Å²) >= 11 is 11.7. The number of rotatable bonds is 6. The summed E-state index contributed by atoms with van der Waals surface area (Å²) in [6.45, 7) is 3.25. The van der Waals surface area contributed by atoms with Gasteiger partial charge < -0.3 is 15.2 Å². The summed E-state index contributed by atoms with van der Waals surface area (Å²) in [7, 11) is 0. The van der Waals surface area contributed by atoms with E-state index in [0.717, 1.165) is 5.56 Å². The van der Waals surface area contributed by atoms with Crippen LogP contribution >= 0.6 is 23.2 Å². The van der Waals surface area contributed by atoms with Gasteiger partial charge in [-0.3, -0.25) is 4.79 Å². The van der Waals surface area contributed by atoms with Crippen molar-refractivity contribution in [3.8, 4) is 5.75 Å².